The molecule has 0 radical (unpaired) electrons. The van der Waals surface area contributed by atoms with E-state index >= 15 is 0 Å². The van der Waals surface area contributed by atoms with Crippen LogP contribution in [0.4, 0.5) is 0 Å². The molecule has 110 valence electrons. The summed E-state index contributed by atoms with van der Waals surface area (Å²) in [4.78, 5) is 16.6. The molecule has 0 saturated carbocycles. The van der Waals surface area contributed by atoms with Gasteiger partial charge in [0, 0.05) is 6.21 Å². The van der Waals surface area contributed by atoms with Crippen molar-refractivity contribution >= 4 is 12.2 Å². The number of benzene rings is 1. The minimum absolute atomic E-state index is 0.251. The van der Waals surface area contributed by atoms with Gasteiger partial charge in [0.25, 0.3) is 0 Å². The van der Waals surface area contributed by atoms with Crippen LogP contribution < -0.4 is 0 Å². The van der Waals surface area contributed by atoms with Crippen LogP contribution in [-0.4, -0.2) is 23.8 Å². The van der Waals surface area contributed by atoms with E-state index in [1.807, 2.05) is 51.1 Å². The summed E-state index contributed by atoms with van der Waals surface area (Å²) in [7, 11) is 0. The minimum Gasteiger partial charge on any atom is -0.458 e. The Morgan fingerprint density at radius 3 is 2.35 bits per heavy atom. The zero-order chi connectivity index (χ0) is 15.2. The number of carbonyl (C=O) groups is 1. The van der Waals surface area contributed by atoms with Crippen molar-refractivity contribution in [2.75, 3.05) is 0 Å². The average molecular weight is 275 g/mol. The average Bonchev–Trinajstić information content (AvgIpc) is 2.33. The summed E-state index contributed by atoms with van der Waals surface area (Å²) in [6, 6.07) is 9.35. The summed E-state index contributed by atoms with van der Waals surface area (Å²) in [5, 5.41) is 0. The number of rotatable bonds is 5. The fourth-order valence-electron chi connectivity index (χ4n) is 1.75. The van der Waals surface area contributed by atoms with E-state index in [1.165, 1.54) is 0 Å². The minimum atomic E-state index is -0.478. The second-order valence-corrected chi connectivity index (χ2v) is 6.37. The van der Waals surface area contributed by atoms with Gasteiger partial charge in [0.2, 0.25) is 0 Å². The van der Waals surface area contributed by atoms with Gasteiger partial charge in [-0.2, -0.15) is 0 Å². The maximum atomic E-state index is 12.2. The van der Waals surface area contributed by atoms with Crippen LogP contribution in [0.5, 0.6) is 0 Å². The molecule has 0 aromatic heterocycles. The number of aliphatic imine (C=N–C) groups is 1. The lowest BCUT2D eigenvalue weighted by Gasteiger charge is -2.23. The third-order valence-electron chi connectivity index (χ3n) is 2.58. The number of carbonyl (C=O) groups excluding carboxylic acids is 1. The Hall–Kier alpha value is -1.64. The molecule has 0 spiro atoms. The third kappa shape index (κ3) is 6.50. The predicted octanol–water partition coefficient (Wildman–Crippen LogP) is 3.86. The lowest BCUT2D eigenvalue weighted by molar-refractivity contribution is -0.156. The van der Waals surface area contributed by atoms with Crippen molar-refractivity contribution < 1.29 is 9.53 Å². The number of hydrogen-bond donors (Lipinski definition) is 0. The van der Waals surface area contributed by atoms with E-state index in [4.69, 9.17) is 4.74 Å². The molecule has 0 heterocycles. The second-order valence-electron chi connectivity index (χ2n) is 6.37. The molecule has 1 aromatic carbocycles. The highest BCUT2D eigenvalue weighted by Gasteiger charge is 2.24. The van der Waals surface area contributed by atoms with E-state index in [-0.39, 0.29) is 5.97 Å². The molecule has 1 atom stereocenters. The molecular formula is C17H25NO2. The summed E-state index contributed by atoms with van der Waals surface area (Å²) in [6.07, 6.45) is 2.44. The zero-order valence-corrected chi connectivity index (χ0v) is 13.1. The predicted molar refractivity (Wildman–Crippen MR) is 83.1 cm³/mol. The smallest absolute Gasteiger partial charge is 0.331 e. The molecule has 0 fully saturated rings. The van der Waals surface area contributed by atoms with Crippen LogP contribution in [-0.2, 0) is 9.53 Å². The fraction of sp³-hybridized carbons (Fsp3) is 0.529. The van der Waals surface area contributed by atoms with Crippen LogP contribution in [0.2, 0.25) is 0 Å². The molecule has 3 heteroatoms. The van der Waals surface area contributed by atoms with E-state index in [0.717, 1.165) is 5.56 Å². The van der Waals surface area contributed by atoms with Gasteiger partial charge in [-0.1, -0.05) is 44.2 Å². The normalized spacial score (nSPS) is 13.7. The second kappa shape index (κ2) is 7.22. The van der Waals surface area contributed by atoms with Crippen molar-refractivity contribution in [3.63, 3.8) is 0 Å². The van der Waals surface area contributed by atoms with Gasteiger partial charge in [-0.25, -0.2) is 4.79 Å². The Kier molecular flexibility index (Phi) is 5.93. The van der Waals surface area contributed by atoms with Crippen LogP contribution in [0, 0.1) is 5.92 Å². The summed E-state index contributed by atoms with van der Waals surface area (Å²) < 4.78 is 5.44. The molecule has 3 nitrogen and oxygen atoms in total. The van der Waals surface area contributed by atoms with E-state index in [2.05, 4.69) is 18.8 Å². The maximum Gasteiger partial charge on any atom is 0.331 e. The van der Waals surface area contributed by atoms with Crippen molar-refractivity contribution in [3.05, 3.63) is 35.9 Å². The Labute approximate surface area is 122 Å². The van der Waals surface area contributed by atoms with Crippen molar-refractivity contribution in [2.45, 2.75) is 52.7 Å². The molecule has 0 saturated heterocycles. The highest BCUT2D eigenvalue weighted by Crippen LogP contribution is 2.15. The first kappa shape index (κ1) is 16.4. The Morgan fingerprint density at radius 1 is 1.25 bits per heavy atom. The first-order valence-electron chi connectivity index (χ1n) is 7.09. The van der Waals surface area contributed by atoms with Gasteiger partial charge in [0.05, 0.1) is 0 Å². The molecule has 20 heavy (non-hydrogen) atoms. The van der Waals surface area contributed by atoms with E-state index in [9.17, 15) is 4.79 Å². The standard InChI is InChI=1S/C17H25NO2/c1-13(2)11-15(16(19)20-17(3,4)5)18-12-14-9-7-6-8-10-14/h6-10,12-13,15H,11H2,1-5H3/b18-12+. The van der Waals surface area contributed by atoms with Gasteiger partial charge in [0.1, 0.15) is 11.6 Å². The Bertz CT molecular complexity index is 444. The molecule has 1 rings (SSSR count). The number of esters is 1. The Balaban J connectivity index is 2.79. The van der Waals surface area contributed by atoms with Crippen molar-refractivity contribution in [2.24, 2.45) is 10.9 Å². The van der Waals surface area contributed by atoms with Crippen LogP contribution >= 0.6 is 0 Å². The summed E-state index contributed by atoms with van der Waals surface area (Å²) in [5.74, 6) is 0.138. The van der Waals surface area contributed by atoms with Crippen molar-refractivity contribution in [1.29, 1.82) is 0 Å². The van der Waals surface area contributed by atoms with Crippen molar-refractivity contribution in [3.8, 4) is 0 Å². The molecular weight excluding hydrogens is 250 g/mol. The third-order valence-corrected chi connectivity index (χ3v) is 2.58. The van der Waals surface area contributed by atoms with Crippen LogP contribution in [0.1, 0.15) is 46.6 Å². The van der Waals surface area contributed by atoms with Crippen LogP contribution in [0.15, 0.2) is 35.3 Å². The molecule has 0 N–H and O–H groups in total. The lowest BCUT2D eigenvalue weighted by atomic mass is 10.0. The molecule has 0 bridgehead atoms. The molecule has 1 aromatic rings. The first-order valence-corrected chi connectivity index (χ1v) is 7.09. The van der Waals surface area contributed by atoms with Gasteiger partial charge < -0.3 is 4.74 Å². The van der Waals surface area contributed by atoms with Gasteiger partial charge in [-0.3, -0.25) is 4.99 Å². The highest BCUT2D eigenvalue weighted by molar-refractivity contribution is 5.84. The monoisotopic (exact) mass is 275 g/mol. The molecule has 0 aliphatic carbocycles. The quantitative estimate of drug-likeness (QED) is 0.604. The van der Waals surface area contributed by atoms with Gasteiger partial charge in [-0.15, -0.1) is 0 Å². The first-order chi connectivity index (χ1) is 9.28. The molecule has 0 amide bonds. The number of ether oxygens (including phenoxy) is 1. The van der Waals surface area contributed by atoms with Crippen molar-refractivity contribution in [1.82, 2.24) is 0 Å². The van der Waals surface area contributed by atoms with Crippen LogP contribution in [0.3, 0.4) is 0 Å². The summed E-state index contributed by atoms with van der Waals surface area (Å²) in [6.45, 7) is 9.78. The summed E-state index contributed by atoms with van der Waals surface area (Å²) >= 11 is 0. The molecule has 1 unspecified atom stereocenters. The van der Waals surface area contributed by atoms with E-state index in [0.29, 0.717) is 12.3 Å². The molecule has 0 aliphatic rings. The van der Waals surface area contributed by atoms with Gasteiger partial charge >= 0.3 is 5.97 Å². The van der Waals surface area contributed by atoms with Gasteiger partial charge in [0.15, 0.2) is 0 Å². The maximum absolute atomic E-state index is 12.2. The number of nitrogens with zero attached hydrogens (tertiary/aromatic N) is 1. The number of hydrogen-bond acceptors (Lipinski definition) is 3. The van der Waals surface area contributed by atoms with Crippen LogP contribution in [0.25, 0.3) is 0 Å². The lowest BCUT2D eigenvalue weighted by Crippen LogP contribution is -2.31. The highest BCUT2D eigenvalue weighted by atomic mass is 16.6. The molecule has 0 aliphatic heterocycles. The SMILES string of the molecule is CC(C)CC(/N=C/c1ccccc1)C(=O)OC(C)(C)C. The fourth-order valence-corrected chi connectivity index (χ4v) is 1.75. The van der Waals surface area contributed by atoms with E-state index < -0.39 is 11.6 Å². The van der Waals surface area contributed by atoms with Gasteiger partial charge in [-0.05, 0) is 38.7 Å². The van der Waals surface area contributed by atoms with E-state index in [1.54, 1.807) is 6.21 Å². The topological polar surface area (TPSA) is 38.7 Å². The largest absolute Gasteiger partial charge is 0.458 e. The Morgan fingerprint density at radius 2 is 1.85 bits per heavy atom. The zero-order valence-electron chi connectivity index (χ0n) is 13.1. The summed E-state index contributed by atoms with van der Waals surface area (Å²) in [5.41, 5.74) is 0.513.